The zero-order valence-corrected chi connectivity index (χ0v) is 13.2. The number of hydrogen-bond acceptors (Lipinski definition) is 6. The van der Waals surface area contributed by atoms with Gasteiger partial charge in [0, 0.05) is 18.3 Å². The third kappa shape index (κ3) is 3.23. The van der Waals surface area contributed by atoms with E-state index >= 15 is 0 Å². The average Bonchev–Trinajstić information content (AvgIpc) is 2.89. The average molecular weight is 338 g/mol. The summed E-state index contributed by atoms with van der Waals surface area (Å²) in [5, 5.41) is 25.8. The van der Waals surface area contributed by atoms with E-state index in [4.69, 9.17) is 0 Å². The number of hydrogen-bond donors (Lipinski definition) is 1. The van der Waals surface area contributed by atoms with Crippen LogP contribution in [0.15, 0.2) is 58.6 Å². The molecule has 8 heteroatoms. The number of nitro groups is 1. The van der Waals surface area contributed by atoms with Gasteiger partial charge in [0.05, 0.1) is 16.3 Å². The summed E-state index contributed by atoms with van der Waals surface area (Å²) >= 11 is 0. The summed E-state index contributed by atoms with van der Waals surface area (Å²) in [6.45, 7) is 1.70. The van der Waals surface area contributed by atoms with E-state index in [9.17, 15) is 20.0 Å². The Morgan fingerprint density at radius 3 is 2.56 bits per heavy atom. The van der Waals surface area contributed by atoms with Crippen LogP contribution in [-0.4, -0.2) is 27.9 Å². The van der Waals surface area contributed by atoms with Crippen LogP contribution < -0.4 is 5.01 Å². The van der Waals surface area contributed by atoms with Crippen LogP contribution in [0.1, 0.15) is 6.92 Å². The van der Waals surface area contributed by atoms with Crippen molar-refractivity contribution in [2.24, 2.45) is 16.0 Å². The number of rotatable bonds is 4. The molecule has 2 aromatic carbocycles. The van der Waals surface area contributed by atoms with E-state index in [0.29, 0.717) is 17.1 Å². The monoisotopic (exact) mass is 338 g/mol. The lowest BCUT2D eigenvalue weighted by molar-refractivity contribution is -0.384. The van der Waals surface area contributed by atoms with E-state index in [0.717, 1.165) is 0 Å². The van der Waals surface area contributed by atoms with Gasteiger partial charge in [0.15, 0.2) is 0 Å². The lowest BCUT2D eigenvalue weighted by atomic mass is 10.1. The summed E-state index contributed by atoms with van der Waals surface area (Å²) in [7, 11) is 0. The molecule has 1 amide bonds. The molecule has 0 aliphatic carbocycles. The molecule has 25 heavy (non-hydrogen) atoms. The molecule has 0 spiro atoms. The summed E-state index contributed by atoms with van der Waals surface area (Å²) in [5.41, 5.74) is 1.28. The molecule has 8 nitrogen and oxygen atoms in total. The van der Waals surface area contributed by atoms with Crippen molar-refractivity contribution >= 4 is 34.9 Å². The molecule has 0 saturated carbocycles. The zero-order chi connectivity index (χ0) is 18.0. The number of nitrogens with zero attached hydrogens (tertiary/aromatic N) is 4. The first kappa shape index (κ1) is 16.3. The van der Waals surface area contributed by atoms with Crippen molar-refractivity contribution in [1.29, 1.82) is 0 Å². The number of hydrazone groups is 1. The number of carbonyl (C=O) groups excluding carboxylic acids is 1. The zero-order valence-electron chi connectivity index (χ0n) is 13.2. The Morgan fingerprint density at radius 1 is 1.24 bits per heavy atom. The third-order valence-electron chi connectivity index (χ3n) is 3.73. The van der Waals surface area contributed by atoms with Crippen molar-refractivity contribution in [3.63, 3.8) is 0 Å². The van der Waals surface area contributed by atoms with Crippen molar-refractivity contribution < 1.29 is 14.8 Å². The van der Waals surface area contributed by atoms with Gasteiger partial charge < -0.3 is 5.11 Å². The van der Waals surface area contributed by atoms with E-state index in [1.807, 2.05) is 0 Å². The van der Waals surface area contributed by atoms with Gasteiger partial charge in [0.2, 0.25) is 0 Å². The molecule has 2 aromatic rings. The number of anilines is 1. The highest BCUT2D eigenvalue weighted by Gasteiger charge is 2.33. The molecule has 3 rings (SSSR count). The van der Waals surface area contributed by atoms with Gasteiger partial charge in [0.25, 0.3) is 11.6 Å². The van der Waals surface area contributed by atoms with Crippen LogP contribution in [0.5, 0.6) is 5.75 Å². The van der Waals surface area contributed by atoms with Crippen LogP contribution in [0.4, 0.5) is 17.1 Å². The Bertz CT molecular complexity index is 890. The van der Waals surface area contributed by atoms with E-state index in [-0.39, 0.29) is 17.3 Å². The number of benzene rings is 2. The molecule has 1 atom stereocenters. The summed E-state index contributed by atoms with van der Waals surface area (Å²) in [5.74, 6) is -0.952. The number of para-hydroxylation sites is 2. The molecule has 1 aliphatic heterocycles. The molecule has 0 fully saturated rings. The van der Waals surface area contributed by atoms with Crippen molar-refractivity contribution in [2.75, 3.05) is 5.01 Å². The lowest BCUT2D eigenvalue weighted by Crippen LogP contribution is -2.27. The van der Waals surface area contributed by atoms with Crippen molar-refractivity contribution in [1.82, 2.24) is 0 Å². The summed E-state index contributed by atoms with van der Waals surface area (Å²) in [6.07, 6.45) is 1.43. The Morgan fingerprint density at radius 2 is 1.92 bits per heavy atom. The maximum Gasteiger partial charge on any atom is 0.269 e. The Balaban J connectivity index is 1.81. The number of nitro benzene ring substituents is 1. The van der Waals surface area contributed by atoms with E-state index < -0.39 is 10.8 Å². The fraction of sp³-hybridized carbons (Fsp3) is 0.118. The minimum Gasteiger partial charge on any atom is -0.506 e. The van der Waals surface area contributed by atoms with Gasteiger partial charge in [-0.2, -0.15) is 10.1 Å². The van der Waals surface area contributed by atoms with Crippen molar-refractivity contribution in [3.05, 3.63) is 58.6 Å². The first-order chi connectivity index (χ1) is 12.0. The highest BCUT2D eigenvalue weighted by molar-refractivity contribution is 6.23. The molecule has 0 bridgehead atoms. The topological polar surface area (TPSA) is 108 Å². The third-order valence-corrected chi connectivity index (χ3v) is 3.73. The fourth-order valence-electron chi connectivity index (χ4n) is 2.38. The molecule has 1 heterocycles. The smallest absolute Gasteiger partial charge is 0.269 e. The molecule has 1 N–H and O–H groups in total. The maximum atomic E-state index is 12.6. The molecule has 0 saturated heterocycles. The molecular weight excluding hydrogens is 324 g/mol. The summed E-state index contributed by atoms with van der Waals surface area (Å²) < 4.78 is 0. The van der Waals surface area contributed by atoms with Gasteiger partial charge in [-0.15, -0.1) is 0 Å². The number of aromatic hydroxyl groups is 1. The van der Waals surface area contributed by atoms with Crippen LogP contribution in [0.3, 0.4) is 0 Å². The predicted octanol–water partition coefficient (Wildman–Crippen LogP) is 3.04. The van der Waals surface area contributed by atoms with Crippen LogP contribution in [-0.2, 0) is 4.79 Å². The van der Waals surface area contributed by atoms with Crippen LogP contribution >= 0.6 is 0 Å². The molecule has 1 aliphatic rings. The lowest BCUT2D eigenvalue weighted by Gasteiger charge is -2.12. The van der Waals surface area contributed by atoms with Gasteiger partial charge in [-0.1, -0.05) is 12.1 Å². The largest absolute Gasteiger partial charge is 0.506 e. The van der Waals surface area contributed by atoms with Gasteiger partial charge in [-0.05, 0) is 31.2 Å². The summed E-state index contributed by atoms with van der Waals surface area (Å²) in [6, 6.07) is 12.1. The fourth-order valence-corrected chi connectivity index (χ4v) is 2.38. The molecule has 0 radical (unpaired) electrons. The van der Waals surface area contributed by atoms with Crippen LogP contribution in [0.25, 0.3) is 0 Å². The predicted molar refractivity (Wildman–Crippen MR) is 93.4 cm³/mol. The van der Waals surface area contributed by atoms with E-state index in [1.165, 1.54) is 41.6 Å². The maximum absolute atomic E-state index is 12.6. The second kappa shape index (κ2) is 6.52. The highest BCUT2D eigenvalue weighted by Crippen LogP contribution is 2.28. The molecule has 126 valence electrons. The highest BCUT2D eigenvalue weighted by atomic mass is 16.6. The number of phenolic OH excluding ortho intramolecular Hbond substituents is 1. The second-order valence-corrected chi connectivity index (χ2v) is 5.41. The normalized spacial score (nSPS) is 17.2. The van der Waals surface area contributed by atoms with Crippen LogP contribution in [0, 0.1) is 16.0 Å². The molecular formula is C17H14N4O4. The standard InChI is InChI=1S/C17H14N4O4/c1-11-14(10-18-15-4-2-3-5-16(15)22)17(23)20(19-11)12-6-8-13(9-7-12)21(24)25/h2-10,14,22H,1H3/b18-10+. The molecule has 0 aromatic heterocycles. The summed E-state index contributed by atoms with van der Waals surface area (Å²) in [4.78, 5) is 26.9. The number of aliphatic imine (C=N–C) groups is 1. The van der Waals surface area contributed by atoms with Gasteiger partial charge in [-0.25, -0.2) is 0 Å². The first-order valence-corrected chi connectivity index (χ1v) is 7.43. The number of non-ortho nitro benzene ring substituents is 1. The molecule has 1 unspecified atom stereocenters. The minimum absolute atomic E-state index is 0.0195. The van der Waals surface area contributed by atoms with Crippen LogP contribution in [0.2, 0.25) is 0 Å². The van der Waals surface area contributed by atoms with Crippen molar-refractivity contribution in [2.45, 2.75) is 6.92 Å². The quantitative estimate of drug-likeness (QED) is 0.525. The van der Waals surface area contributed by atoms with Gasteiger partial charge in [0.1, 0.15) is 17.4 Å². The van der Waals surface area contributed by atoms with Gasteiger partial charge in [-0.3, -0.25) is 19.9 Å². The van der Waals surface area contributed by atoms with E-state index in [1.54, 1.807) is 25.1 Å². The number of carbonyl (C=O) groups is 1. The SMILES string of the molecule is CC1=NN(c2ccc([N+](=O)[O-])cc2)C(=O)C1/C=N/c1ccccc1O. The Hall–Kier alpha value is -3.55. The minimum atomic E-state index is -0.658. The second-order valence-electron chi connectivity index (χ2n) is 5.41. The van der Waals surface area contributed by atoms with Crippen molar-refractivity contribution in [3.8, 4) is 5.75 Å². The Labute approximate surface area is 142 Å². The van der Waals surface area contributed by atoms with E-state index in [2.05, 4.69) is 10.1 Å². The Kier molecular flexibility index (Phi) is 4.25. The van der Waals surface area contributed by atoms with Gasteiger partial charge >= 0.3 is 0 Å². The first-order valence-electron chi connectivity index (χ1n) is 7.43. The number of phenols is 1. The number of amides is 1.